The summed E-state index contributed by atoms with van der Waals surface area (Å²) in [6, 6.07) is -0.868. The average Bonchev–Trinajstić information content (AvgIpc) is 2.79. The van der Waals surface area contributed by atoms with Gasteiger partial charge in [-0.05, 0) is 0 Å². The predicted molar refractivity (Wildman–Crippen MR) is 110 cm³/mol. The molecule has 0 bridgehead atoms. The highest BCUT2D eigenvalue weighted by Crippen LogP contribution is 1.99. The number of hydrogen-bond donors (Lipinski definition) is 3. The highest BCUT2D eigenvalue weighted by molar-refractivity contribution is 6.32. The molecule has 16 nitrogen and oxygen atoms in total. The van der Waals surface area contributed by atoms with Crippen molar-refractivity contribution in [2.75, 3.05) is 27.3 Å². The van der Waals surface area contributed by atoms with Gasteiger partial charge < -0.3 is 9.68 Å². The summed E-state index contributed by atoms with van der Waals surface area (Å²) in [6.45, 7) is 0.418. The van der Waals surface area contributed by atoms with Crippen molar-refractivity contribution in [2.24, 2.45) is 31.5 Å². The van der Waals surface area contributed by atoms with E-state index in [0.717, 1.165) is 5.01 Å². The molecule has 3 heterocycles. The number of rotatable bonds is 6. The van der Waals surface area contributed by atoms with E-state index in [9.17, 15) is 9.59 Å². The fourth-order valence-electron chi connectivity index (χ4n) is 1.88. The Morgan fingerprint density at radius 1 is 0.968 bits per heavy atom. The normalized spacial score (nSPS) is 16.5. The zero-order valence-electron chi connectivity index (χ0n) is 16.6. The first-order valence-electron chi connectivity index (χ1n) is 8.48. The maximum atomic E-state index is 11.5. The summed E-state index contributed by atoms with van der Waals surface area (Å²) < 4.78 is 0. The molecule has 2 aliphatic rings. The first-order valence-corrected chi connectivity index (χ1v) is 8.48. The highest BCUT2D eigenvalue weighted by atomic mass is 16.6. The third-order valence-corrected chi connectivity index (χ3v) is 3.27. The molecular formula is C15H20N12O4. The van der Waals surface area contributed by atoms with Crippen LogP contribution in [-0.2, 0) is 9.68 Å². The lowest BCUT2D eigenvalue weighted by atomic mass is 10.4. The Balaban J connectivity index is 0.000000245. The van der Waals surface area contributed by atoms with Crippen molar-refractivity contribution in [3.8, 4) is 0 Å². The molecule has 0 saturated heterocycles. The van der Waals surface area contributed by atoms with E-state index in [1.54, 1.807) is 12.4 Å². The Kier molecular flexibility index (Phi) is 8.96. The first kappa shape index (κ1) is 22.8. The van der Waals surface area contributed by atoms with Gasteiger partial charge in [0.05, 0.1) is 31.7 Å². The van der Waals surface area contributed by atoms with E-state index in [1.807, 2.05) is 0 Å². The number of oxime groups is 2. The molecule has 0 unspecified atom stereocenters. The molecule has 0 fully saturated rings. The van der Waals surface area contributed by atoms with Crippen LogP contribution < -0.4 is 16.7 Å². The SMILES string of the molecule is CO/N=C/C1=NNC(=O)N(/N=C/c2cncnc2)C1.CO/N=C/C1=NNC(=O)N(N)C1. The molecule has 164 valence electrons. The molecule has 0 aliphatic carbocycles. The number of urea groups is 2. The van der Waals surface area contributed by atoms with Crippen LogP contribution in [0.25, 0.3) is 0 Å². The van der Waals surface area contributed by atoms with E-state index in [4.69, 9.17) is 5.84 Å². The molecule has 0 atom stereocenters. The Labute approximate surface area is 176 Å². The Morgan fingerprint density at radius 2 is 1.55 bits per heavy atom. The van der Waals surface area contributed by atoms with Gasteiger partial charge in [0.1, 0.15) is 32.0 Å². The number of amides is 4. The van der Waals surface area contributed by atoms with Crippen LogP contribution in [-0.4, -0.2) is 89.4 Å². The minimum Gasteiger partial charge on any atom is -0.399 e. The van der Waals surface area contributed by atoms with Crippen molar-refractivity contribution in [3.63, 3.8) is 0 Å². The van der Waals surface area contributed by atoms with Crippen molar-refractivity contribution >= 4 is 42.1 Å². The molecule has 4 N–H and O–H groups in total. The smallest absolute Gasteiger partial charge is 0.358 e. The van der Waals surface area contributed by atoms with Crippen LogP contribution in [0, 0.1) is 0 Å². The van der Waals surface area contributed by atoms with E-state index < -0.39 is 12.1 Å². The van der Waals surface area contributed by atoms with E-state index in [0.29, 0.717) is 17.0 Å². The number of hydrazone groups is 3. The summed E-state index contributed by atoms with van der Waals surface area (Å²) in [4.78, 5) is 38.9. The number of nitrogens with one attached hydrogen (secondary N) is 2. The number of hydrogen-bond acceptors (Lipinski definition) is 12. The number of carbonyl (C=O) groups is 2. The summed E-state index contributed by atoms with van der Waals surface area (Å²) >= 11 is 0. The summed E-state index contributed by atoms with van der Waals surface area (Å²) in [5.41, 5.74) is 6.23. The van der Waals surface area contributed by atoms with Gasteiger partial charge >= 0.3 is 12.1 Å². The summed E-state index contributed by atoms with van der Waals surface area (Å²) in [6.07, 6.45) is 8.83. The molecular weight excluding hydrogens is 412 g/mol. The zero-order chi connectivity index (χ0) is 22.5. The van der Waals surface area contributed by atoms with E-state index in [2.05, 4.69) is 56.1 Å². The summed E-state index contributed by atoms with van der Waals surface area (Å²) in [5.74, 6) is 5.28. The standard InChI is InChI=1S/C10H11N7O2.C5H9N5O2/c1-19-14-5-9-6-17(10(18)16-15-9)13-4-8-2-11-7-12-3-8;1-12-7-2-4-3-10(6)5(11)9-8-4/h2-5,7H,6H2,1H3,(H,16,18);2H,3,6H2,1H3,(H,9,11)/b13-4+,14-5+;7-2+. The monoisotopic (exact) mass is 432 g/mol. The zero-order valence-corrected chi connectivity index (χ0v) is 16.6. The van der Waals surface area contributed by atoms with Crippen LogP contribution >= 0.6 is 0 Å². The molecule has 2 aliphatic heterocycles. The number of nitrogens with two attached hydrogens (primary N) is 1. The number of nitrogens with zero attached hydrogens (tertiary/aromatic N) is 9. The molecule has 16 heteroatoms. The first-order chi connectivity index (χ1) is 15.0. The Morgan fingerprint density at radius 3 is 2.13 bits per heavy atom. The predicted octanol–water partition coefficient (Wildman–Crippen LogP) is -1.30. The lowest BCUT2D eigenvalue weighted by Crippen LogP contribution is -2.50. The third-order valence-electron chi connectivity index (χ3n) is 3.27. The van der Waals surface area contributed by atoms with Gasteiger partial charge in [0, 0.05) is 18.0 Å². The number of hydrazine groups is 1. The van der Waals surface area contributed by atoms with Gasteiger partial charge in [-0.2, -0.15) is 15.3 Å². The quantitative estimate of drug-likeness (QED) is 0.215. The van der Waals surface area contributed by atoms with Crippen LogP contribution in [0.4, 0.5) is 9.59 Å². The molecule has 0 radical (unpaired) electrons. The minimum absolute atomic E-state index is 0.197. The molecule has 0 saturated carbocycles. The number of carbonyl (C=O) groups excluding carboxylic acids is 2. The van der Waals surface area contributed by atoms with Crippen LogP contribution in [0.1, 0.15) is 5.56 Å². The van der Waals surface area contributed by atoms with Crippen LogP contribution in [0.15, 0.2) is 44.3 Å². The lowest BCUT2D eigenvalue weighted by molar-refractivity contribution is 0.203. The second-order valence-electron chi connectivity index (χ2n) is 5.48. The lowest BCUT2D eigenvalue weighted by Gasteiger charge is -2.20. The van der Waals surface area contributed by atoms with Crippen molar-refractivity contribution in [2.45, 2.75) is 0 Å². The van der Waals surface area contributed by atoms with Gasteiger partial charge in [-0.3, -0.25) is 5.01 Å². The fraction of sp³-hybridized carbons (Fsp3) is 0.267. The average molecular weight is 432 g/mol. The summed E-state index contributed by atoms with van der Waals surface area (Å²) in [5, 5.41) is 20.7. The Bertz CT molecular complexity index is 899. The fourth-order valence-corrected chi connectivity index (χ4v) is 1.88. The third kappa shape index (κ3) is 7.81. The molecule has 4 amide bonds. The van der Waals surface area contributed by atoms with E-state index in [-0.39, 0.29) is 13.1 Å². The topological polar surface area (TPSA) is 197 Å². The van der Waals surface area contributed by atoms with Crippen LogP contribution in [0.2, 0.25) is 0 Å². The maximum Gasteiger partial charge on any atom is 0.358 e. The van der Waals surface area contributed by atoms with Gasteiger partial charge in [0.2, 0.25) is 0 Å². The van der Waals surface area contributed by atoms with E-state index in [1.165, 1.54) is 44.2 Å². The second kappa shape index (κ2) is 12.2. The number of aromatic nitrogens is 2. The molecule has 1 aromatic rings. The van der Waals surface area contributed by atoms with Gasteiger partial charge in [0.15, 0.2) is 0 Å². The molecule has 3 rings (SSSR count). The maximum absolute atomic E-state index is 11.5. The van der Waals surface area contributed by atoms with Gasteiger partial charge in [0.25, 0.3) is 0 Å². The van der Waals surface area contributed by atoms with Crippen molar-refractivity contribution < 1.29 is 19.3 Å². The van der Waals surface area contributed by atoms with Gasteiger partial charge in [-0.1, -0.05) is 10.3 Å². The van der Waals surface area contributed by atoms with Crippen molar-refractivity contribution in [1.29, 1.82) is 0 Å². The highest BCUT2D eigenvalue weighted by Gasteiger charge is 2.19. The molecule has 0 spiro atoms. The molecule has 0 aromatic carbocycles. The second-order valence-corrected chi connectivity index (χ2v) is 5.48. The van der Waals surface area contributed by atoms with Gasteiger partial charge in [-0.25, -0.2) is 41.3 Å². The van der Waals surface area contributed by atoms with Gasteiger partial charge in [-0.15, -0.1) is 0 Å². The Hall–Kier alpha value is -4.47. The molecule has 31 heavy (non-hydrogen) atoms. The largest absolute Gasteiger partial charge is 0.399 e. The van der Waals surface area contributed by atoms with Crippen LogP contribution in [0.3, 0.4) is 0 Å². The molecule has 1 aromatic heterocycles. The van der Waals surface area contributed by atoms with E-state index >= 15 is 0 Å². The van der Waals surface area contributed by atoms with Crippen molar-refractivity contribution in [3.05, 3.63) is 24.3 Å². The van der Waals surface area contributed by atoms with Crippen molar-refractivity contribution in [1.82, 2.24) is 30.8 Å². The summed E-state index contributed by atoms with van der Waals surface area (Å²) in [7, 11) is 2.84. The van der Waals surface area contributed by atoms with Crippen LogP contribution in [0.5, 0.6) is 0 Å². The minimum atomic E-state index is -0.440.